The second kappa shape index (κ2) is 5.96. The van der Waals surface area contributed by atoms with Crippen LogP contribution in [0.4, 0.5) is 0 Å². The van der Waals surface area contributed by atoms with Crippen molar-refractivity contribution in [1.29, 1.82) is 0 Å². The SMILES string of the molecule is COC(=O)[C@H]1CCCN(Cc2ccc3c(c2)CCC3)C1. The smallest absolute Gasteiger partial charge is 0.309 e. The molecule has 1 aromatic carbocycles. The van der Waals surface area contributed by atoms with Crippen LogP contribution in [0.3, 0.4) is 0 Å². The first kappa shape index (κ1) is 13.6. The molecule has 0 N–H and O–H groups in total. The molecule has 3 nitrogen and oxygen atoms in total. The monoisotopic (exact) mass is 273 g/mol. The van der Waals surface area contributed by atoms with Gasteiger partial charge in [0.15, 0.2) is 0 Å². The van der Waals surface area contributed by atoms with E-state index in [0.717, 1.165) is 32.5 Å². The fourth-order valence-corrected chi connectivity index (χ4v) is 3.54. The number of carbonyl (C=O) groups is 1. The highest BCUT2D eigenvalue weighted by atomic mass is 16.5. The molecule has 0 aromatic heterocycles. The van der Waals surface area contributed by atoms with Crippen LogP contribution < -0.4 is 0 Å². The predicted molar refractivity (Wildman–Crippen MR) is 78.5 cm³/mol. The van der Waals surface area contributed by atoms with Gasteiger partial charge in [0.1, 0.15) is 0 Å². The molecular formula is C17H23NO2. The third-order valence-electron chi connectivity index (χ3n) is 4.61. The summed E-state index contributed by atoms with van der Waals surface area (Å²) in [6.07, 6.45) is 5.82. The molecule has 1 aliphatic carbocycles. The number of fused-ring (bicyclic) bond motifs is 1. The number of ether oxygens (including phenoxy) is 1. The number of piperidine rings is 1. The van der Waals surface area contributed by atoms with Crippen LogP contribution in [0.15, 0.2) is 18.2 Å². The van der Waals surface area contributed by atoms with E-state index in [1.165, 1.54) is 43.1 Å². The van der Waals surface area contributed by atoms with Gasteiger partial charge in [0, 0.05) is 13.1 Å². The molecule has 0 spiro atoms. The van der Waals surface area contributed by atoms with Crippen LogP contribution in [0.2, 0.25) is 0 Å². The number of likely N-dealkylation sites (tertiary alicyclic amines) is 1. The molecule has 3 rings (SSSR count). The number of rotatable bonds is 3. The summed E-state index contributed by atoms with van der Waals surface area (Å²) in [6.45, 7) is 2.88. The molecule has 108 valence electrons. The van der Waals surface area contributed by atoms with Gasteiger partial charge >= 0.3 is 5.97 Å². The predicted octanol–water partition coefficient (Wildman–Crippen LogP) is 2.56. The molecular weight excluding hydrogens is 250 g/mol. The quantitative estimate of drug-likeness (QED) is 0.793. The summed E-state index contributed by atoms with van der Waals surface area (Å²) >= 11 is 0. The van der Waals surface area contributed by atoms with Gasteiger partial charge in [0.25, 0.3) is 0 Å². The van der Waals surface area contributed by atoms with E-state index in [9.17, 15) is 4.79 Å². The number of esters is 1. The average Bonchev–Trinajstić information content (AvgIpc) is 2.94. The summed E-state index contributed by atoms with van der Waals surface area (Å²) in [5, 5.41) is 0. The summed E-state index contributed by atoms with van der Waals surface area (Å²) < 4.78 is 4.88. The standard InChI is InChI=1S/C17H23NO2/c1-20-17(19)16-6-3-9-18(12-16)11-13-7-8-14-4-2-5-15(14)10-13/h7-8,10,16H,2-6,9,11-12H2,1H3/t16-/m0/s1. The number of nitrogens with zero attached hydrogens (tertiary/aromatic N) is 1. The minimum absolute atomic E-state index is 0.0522. The lowest BCUT2D eigenvalue weighted by Gasteiger charge is -2.31. The maximum Gasteiger partial charge on any atom is 0.309 e. The van der Waals surface area contributed by atoms with Crippen LogP contribution >= 0.6 is 0 Å². The summed E-state index contributed by atoms with van der Waals surface area (Å²) in [5.74, 6) is 0.00632. The zero-order valence-electron chi connectivity index (χ0n) is 12.2. The van der Waals surface area contributed by atoms with Crippen LogP contribution in [0.5, 0.6) is 0 Å². The molecule has 2 aliphatic rings. The third kappa shape index (κ3) is 2.88. The molecule has 3 heteroatoms. The molecule has 0 saturated carbocycles. The summed E-state index contributed by atoms with van der Waals surface area (Å²) in [7, 11) is 1.49. The number of hydrogen-bond acceptors (Lipinski definition) is 3. The van der Waals surface area contributed by atoms with Crippen molar-refractivity contribution in [3.05, 3.63) is 34.9 Å². The van der Waals surface area contributed by atoms with Gasteiger partial charge in [0.05, 0.1) is 13.0 Å². The molecule has 0 amide bonds. The van der Waals surface area contributed by atoms with Crippen molar-refractivity contribution in [2.24, 2.45) is 5.92 Å². The fraction of sp³-hybridized carbons (Fsp3) is 0.588. The van der Waals surface area contributed by atoms with E-state index in [1.54, 1.807) is 0 Å². The van der Waals surface area contributed by atoms with Gasteiger partial charge in [0.2, 0.25) is 0 Å². The Morgan fingerprint density at radius 2 is 2.15 bits per heavy atom. The first-order valence-electron chi connectivity index (χ1n) is 7.67. The summed E-state index contributed by atoms with van der Waals surface area (Å²) in [6, 6.07) is 6.91. The van der Waals surface area contributed by atoms with Crippen LogP contribution in [0.25, 0.3) is 0 Å². The highest BCUT2D eigenvalue weighted by Crippen LogP contribution is 2.25. The highest BCUT2D eigenvalue weighted by molar-refractivity contribution is 5.72. The van der Waals surface area contributed by atoms with E-state index < -0.39 is 0 Å². The number of methoxy groups -OCH3 is 1. The number of carbonyl (C=O) groups excluding carboxylic acids is 1. The van der Waals surface area contributed by atoms with Gasteiger partial charge < -0.3 is 4.74 Å². The lowest BCUT2D eigenvalue weighted by atomic mass is 9.97. The number of benzene rings is 1. The van der Waals surface area contributed by atoms with Gasteiger partial charge in [-0.05, 0) is 55.3 Å². The summed E-state index contributed by atoms with van der Waals surface area (Å²) in [4.78, 5) is 14.1. The fourth-order valence-electron chi connectivity index (χ4n) is 3.54. The van der Waals surface area contributed by atoms with Crippen molar-refractivity contribution in [2.75, 3.05) is 20.2 Å². The van der Waals surface area contributed by atoms with Gasteiger partial charge in [-0.15, -0.1) is 0 Å². The minimum atomic E-state index is -0.0522. The number of aryl methyl sites for hydroxylation is 2. The third-order valence-corrected chi connectivity index (χ3v) is 4.61. The highest BCUT2D eigenvalue weighted by Gasteiger charge is 2.26. The van der Waals surface area contributed by atoms with E-state index in [2.05, 4.69) is 23.1 Å². The zero-order chi connectivity index (χ0) is 13.9. The van der Waals surface area contributed by atoms with E-state index >= 15 is 0 Å². The Hall–Kier alpha value is -1.35. The van der Waals surface area contributed by atoms with Crippen molar-refractivity contribution in [1.82, 2.24) is 4.90 Å². The Bertz CT molecular complexity index is 498. The van der Waals surface area contributed by atoms with Crippen molar-refractivity contribution in [3.8, 4) is 0 Å². The second-order valence-electron chi connectivity index (χ2n) is 6.05. The van der Waals surface area contributed by atoms with Crippen LogP contribution in [0.1, 0.15) is 36.0 Å². The van der Waals surface area contributed by atoms with Crippen molar-refractivity contribution in [3.63, 3.8) is 0 Å². The molecule has 1 fully saturated rings. The van der Waals surface area contributed by atoms with E-state index in [-0.39, 0.29) is 11.9 Å². The van der Waals surface area contributed by atoms with Gasteiger partial charge in [-0.1, -0.05) is 18.2 Å². The summed E-state index contributed by atoms with van der Waals surface area (Å²) in [5.41, 5.74) is 4.44. The van der Waals surface area contributed by atoms with Crippen LogP contribution in [-0.4, -0.2) is 31.1 Å². The Kier molecular flexibility index (Phi) is 4.06. The van der Waals surface area contributed by atoms with Crippen LogP contribution in [0, 0.1) is 5.92 Å². The Morgan fingerprint density at radius 1 is 1.30 bits per heavy atom. The van der Waals surface area contributed by atoms with Crippen molar-refractivity contribution < 1.29 is 9.53 Å². The van der Waals surface area contributed by atoms with E-state index in [1.807, 2.05) is 0 Å². The maximum atomic E-state index is 11.7. The zero-order valence-corrected chi connectivity index (χ0v) is 12.2. The topological polar surface area (TPSA) is 29.5 Å². The first-order valence-corrected chi connectivity index (χ1v) is 7.67. The molecule has 1 aromatic rings. The van der Waals surface area contributed by atoms with Gasteiger partial charge in [-0.2, -0.15) is 0 Å². The lowest BCUT2D eigenvalue weighted by molar-refractivity contribution is -0.147. The lowest BCUT2D eigenvalue weighted by Crippen LogP contribution is -2.38. The van der Waals surface area contributed by atoms with Gasteiger partial charge in [-0.3, -0.25) is 9.69 Å². The molecule has 1 heterocycles. The van der Waals surface area contributed by atoms with Gasteiger partial charge in [-0.25, -0.2) is 0 Å². The average molecular weight is 273 g/mol. The molecule has 20 heavy (non-hydrogen) atoms. The Labute approximate surface area is 120 Å². The maximum absolute atomic E-state index is 11.7. The van der Waals surface area contributed by atoms with Crippen molar-refractivity contribution >= 4 is 5.97 Å². The number of hydrogen-bond donors (Lipinski definition) is 0. The normalized spacial score (nSPS) is 22.6. The Balaban J connectivity index is 1.64. The largest absolute Gasteiger partial charge is 0.469 e. The van der Waals surface area contributed by atoms with E-state index in [4.69, 9.17) is 4.74 Å². The van der Waals surface area contributed by atoms with E-state index in [0.29, 0.717) is 0 Å². The molecule has 1 aliphatic heterocycles. The molecule has 0 unspecified atom stereocenters. The van der Waals surface area contributed by atoms with Crippen LogP contribution in [-0.2, 0) is 28.9 Å². The minimum Gasteiger partial charge on any atom is -0.469 e. The first-order chi connectivity index (χ1) is 9.76. The van der Waals surface area contributed by atoms with Crippen molar-refractivity contribution in [2.45, 2.75) is 38.6 Å². The molecule has 0 radical (unpaired) electrons. The molecule has 0 bridgehead atoms. The molecule has 1 saturated heterocycles. The molecule has 1 atom stereocenters. The second-order valence-corrected chi connectivity index (χ2v) is 6.05. The Morgan fingerprint density at radius 3 is 3.00 bits per heavy atom.